The molecule has 3 N–H and O–H groups in total. The van der Waals surface area contributed by atoms with E-state index in [-0.39, 0.29) is 11.9 Å². The molecule has 0 aromatic rings. The molecule has 0 aromatic heterocycles. The molecule has 1 aliphatic heterocycles. The van der Waals surface area contributed by atoms with Crippen LogP contribution in [-0.4, -0.2) is 44.4 Å². The molecule has 0 aromatic carbocycles. The van der Waals surface area contributed by atoms with Crippen molar-refractivity contribution in [1.82, 2.24) is 5.32 Å². The Morgan fingerprint density at radius 2 is 2.20 bits per heavy atom. The van der Waals surface area contributed by atoms with Gasteiger partial charge in [-0.25, -0.2) is 0 Å². The lowest BCUT2D eigenvalue weighted by molar-refractivity contribution is -0.130. The van der Waals surface area contributed by atoms with E-state index in [9.17, 15) is 4.79 Å². The summed E-state index contributed by atoms with van der Waals surface area (Å²) in [7, 11) is 1.61. The Kier molecular flexibility index (Phi) is 4.50. The van der Waals surface area contributed by atoms with Gasteiger partial charge in [0.1, 0.15) is 0 Å². The first kappa shape index (κ1) is 12.4. The lowest BCUT2D eigenvalue weighted by Crippen LogP contribution is -2.58. The molecule has 1 heterocycles. The summed E-state index contributed by atoms with van der Waals surface area (Å²) in [6.45, 7) is 3.51. The molecule has 88 valence electrons. The number of nitrogens with two attached hydrogens (primary N) is 1. The summed E-state index contributed by atoms with van der Waals surface area (Å²) in [5.74, 6) is -0.102. The van der Waals surface area contributed by atoms with Crippen molar-refractivity contribution in [2.75, 3.05) is 26.9 Å². The summed E-state index contributed by atoms with van der Waals surface area (Å²) in [5, 5.41) is 2.85. The topological polar surface area (TPSA) is 73.6 Å². The number of nitrogens with one attached hydrogen (secondary N) is 1. The Morgan fingerprint density at radius 1 is 1.60 bits per heavy atom. The molecule has 0 radical (unpaired) electrons. The summed E-state index contributed by atoms with van der Waals surface area (Å²) in [6, 6.07) is -0.00855. The number of carbonyl (C=O) groups excluding carboxylic acids is 1. The third kappa shape index (κ3) is 3.44. The third-order valence-corrected chi connectivity index (χ3v) is 2.63. The van der Waals surface area contributed by atoms with E-state index in [0.717, 1.165) is 0 Å². The van der Waals surface area contributed by atoms with Gasteiger partial charge in [0.2, 0.25) is 5.91 Å². The van der Waals surface area contributed by atoms with E-state index in [1.807, 2.05) is 6.92 Å². The van der Waals surface area contributed by atoms with Gasteiger partial charge in [-0.05, 0) is 19.8 Å². The molecule has 1 rings (SSSR count). The predicted octanol–water partition coefficient (Wildman–Crippen LogP) is -0.355. The number of methoxy groups -OCH3 is 1. The molecule has 0 saturated carbocycles. The van der Waals surface area contributed by atoms with Gasteiger partial charge in [-0.15, -0.1) is 0 Å². The van der Waals surface area contributed by atoms with Crippen LogP contribution in [0.15, 0.2) is 0 Å². The third-order valence-electron chi connectivity index (χ3n) is 2.63. The van der Waals surface area contributed by atoms with Crippen LogP contribution >= 0.6 is 0 Å². The molecule has 5 nitrogen and oxygen atoms in total. The quantitative estimate of drug-likeness (QED) is 0.673. The van der Waals surface area contributed by atoms with Crippen LogP contribution in [0.3, 0.4) is 0 Å². The molecular weight excluding hydrogens is 196 g/mol. The van der Waals surface area contributed by atoms with Gasteiger partial charge in [0.05, 0.1) is 12.1 Å². The SMILES string of the molecule is COCC(C)NC(=O)C1(N)CCOCC1. The van der Waals surface area contributed by atoms with Crippen LogP contribution in [0.1, 0.15) is 19.8 Å². The Bertz CT molecular complexity index is 215. The Morgan fingerprint density at radius 3 is 2.73 bits per heavy atom. The molecular formula is C10H20N2O3. The number of amides is 1. The minimum Gasteiger partial charge on any atom is -0.383 e. The molecule has 1 aliphatic rings. The zero-order chi connectivity index (χ0) is 11.3. The van der Waals surface area contributed by atoms with Gasteiger partial charge in [-0.2, -0.15) is 0 Å². The number of carbonyl (C=O) groups is 1. The summed E-state index contributed by atoms with van der Waals surface area (Å²) in [5.41, 5.74) is 5.25. The number of hydrogen-bond acceptors (Lipinski definition) is 4. The highest BCUT2D eigenvalue weighted by Crippen LogP contribution is 2.17. The van der Waals surface area contributed by atoms with Gasteiger partial charge in [0.25, 0.3) is 0 Å². The van der Waals surface area contributed by atoms with Crippen LogP contribution in [0.5, 0.6) is 0 Å². The van der Waals surface area contributed by atoms with E-state index in [4.69, 9.17) is 15.2 Å². The van der Waals surface area contributed by atoms with Crippen molar-refractivity contribution in [3.8, 4) is 0 Å². The number of rotatable bonds is 4. The molecule has 0 bridgehead atoms. The van der Waals surface area contributed by atoms with Crippen LogP contribution in [-0.2, 0) is 14.3 Å². The fourth-order valence-corrected chi connectivity index (χ4v) is 1.62. The molecule has 1 atom stereocenters. The van der Waals surface area contributed by atoms with Crippen molar-refractivity contribution in [3.63, 3.8) is 0 Å². The van der Waals surface area contributed by atoms with Crippen LogP contribution < -0.4 is 11.1 Å². The van der Waals surface area contributed by atoms with Crippen LogP contribution in [0.2, 0.25) is 0 Å². The maximum Gasteiger partial charge on any atom is 0.240 e. The normalized spacial score (nSPS) is 22.1. The molecule has 0 aliphatic carbocycles. The van der Waals surface area contributed by atoms with E-state index in [2.05, 4.69) is 5.32 Å². The van der Waals surface area contributed by atoms with Gasteiger partial charge >= 0.3 is 0 Å². The lowest BCUT2D eigenvalue weighted by Gasteiger charge is -2.32. The number of ether oxygens (including phenoxy) is 2. The first-order chi connectivity index (χ1) is 7.08. The highest BCUT2D eigenvalue weighted by Gasteiger charge is 2.36. The molecule has 5 heteroatoms. The van der Waals surface area contributed by atoms with E-state index in [0.29, 0.717) is 32.7 Å². The monoisotopic (exact) mass is 216 g/mol. The first-order valence-electron chi connectivity index (χ1n) is 5.25. The second-order valence-corrected chi connectivity index (χ2v) is 4.10. The van der Waals surface area contributed by atoms with Gasteiger partial charge in [0.15, 0.2) is 0 Å². The zero-order valence-electron chi connectivity index (χ0n) is 9.41. The second-order valence-electron chi connectivity index (χ2n) is 4.10. The smallest absolute Gasteiger partial charge is 0.240 e. The molecule has 1 fully saturated rings. The average molecular weight is 216 g/mol. The fraction of sp³-hybridized carbons (Fsp3) is 0.900. The maximum atomic E-state index is 11.9. The van der Waals surface area contributed by atoms with Gasteiger partial charge < -0.3 is 20.5 Å². The summed E-state index contributed by atoms with van der Waals surface area (Å²) in [4.78, 5) is 11.9. The Labute approximate surface area is 90.3 Å². The zero-order valence-corrected chi connectivity index (χ0v) is 9.41. The maximum absolute atomic E-state index is 11.9. The van der Waals surface area contributed by atoms with Gasteiger partial charge in [0, 0.05) is 26.4 Å². The second kappa shape index (κ2) is 5.44. The largest absolute Gasteiger partial charge is 0.383 e. The summed E-state index contributed by atoms with van der Waals surface area (Å²) in [6.07, 6.45) is 1.16. The molecule has 1 unspecified atom stereocenters. The van der Waals surface area contributed by atoms with Crippen molar-refractivity contribution in [2.24, 2.45) is 5.73 Å². The minimum absolute atomic E-state index is 0.00855. The summed E-state index contributed by atoms with van der Waals surface area (Å²) < 4.78 is 10.1. The van der Waals surface area contributed by atoms with Crippen molar-refractivity contribution < 1.29 is 14.3 Å². The lowest BCUT2D eigenvalue weighted by atomic mass is 9.90. The van der Waals surface area contributed by atoms with Crippen molar-refractivity contribution in [1.29, 1.82) is 0 Å². The highest BCUT2D eigenvalue weighted by molar-refractivity contribution is 5.86. The van der Waals surface area contributed by atoms with E-state index >= 15 is 0 Å². The van der Waals surface area contributed by atoms with Crippen molar-refractivity contribution in [3.05, 3.63) is 0 Å². The first-order valence-corrected chi connectivity index (χ1v) is 5.25. The van der Waals surface area contributed by atoms with Gasteiger partial charge in [-0.3, -0.25) is 4.79 Å². The fourth-order valence-electron chi connectivity index (χ4n) is 1.62. The van der Waals surface area contributed by atoms with Gasteiger partial charge in [-0.1, -0.05) is 0 Å². The Hall–Kier alpha value is -0.650. The predicted molar refractivity (Wildman–Crippen MR) is 56.5 cm³/mol. The molecule has 0 spiro atoms. The Balaban J connectivity index is 2.44. The minimum atomic E-state index is -0.764. The average Bonchev–Trinajstić information content (AvgIpc) is 2.19. The van der Waals surface area contributed by atoms with Crippen molar-refractivity contribution >= 4 is 5.91 Å². The van der Waals surface area contributed by atoms with Crippen LogP contribution in [0, 0.1) is 0 Å². The van der Waals surface area contributed by atoms with E-state index < -0.39 is 5.54 Å². The van der Waals surface area contributed by atoms with Crippen LogP contribution in [0.4, 0.5) is 0 Å². The standard InChI is InChI=1S/C10H20N2O3/c1-8(7-14-2)12-9(13)10(11)3-5-15-6-4-10/h8H,3-7,11H2,1-2H3,(H,12,13). The number of hydrogen-bond donors (Lipinski definition) is 2. The van der Waals surface area contributed by atoms with E-state index in [1.165, 1.54) is 0 Å². The summed E-state index contributed by atoms with van der Waals surface area (Å²) >= 11 is 0. The van der Waals surface area contributed by atoms with E-state index in [1.54, 1.807) is 7.11 Å². The highest BCUT2D eigenvalue weighted by atomic mass is 16.5. The van der Waals surface area contributed by atoms with Crippen molar-refractivity contribution in [2.45, 2.75) is 31.3 Å². The molecule has 1 amide bonds. The molecule has 1 saturated heterocycles. The van der Waals surface area contributed by atoms with Crippen LogP contribution in [0.25, 0.3) is 0 Å². The molecule has 15 heavy (non-hydrogen) atoms.